The summed E-state index contributed by atoms with van der Waals surface area (Å²) in [5, 5.41) is 0. The standard InChI is InChI=1S/C25H31O3/c1-2-3-4-8-19-27-23-15-13-22(14-16-23)25(26)28-24-17-11-21(12-18-24)20-9-6-5-7-10-20/h5,11-18,20H,2-4,6-10,19H2,1H3. The number of hydrogen-bond donors (Lipinski definition) is 0. The highest BCUT2D eigenvalue weighted by Gasteiger charge is 2.16. The molecular weight excluding hydrogens is 348 g/mol. The zero-order valence-electron chi connectivity index (χ0n) is 16.9. The lowest BCUT2D eigenvalue weighted by molar-refractivity contribution is 0.0734. The summed E-state index contributed by atoms with van der Waals surface area (Å²) < 4.78 is 11.2. The Bertz CT molecular complexity index is 712. The molecule has 0 unspecified atom stereocenters. The third kappa shape index (κ3) is 6.12. The van der Waals surface area contributed by atoms with E-state index in [-0.39, 0.29) is 5.97 Å². The van der Waals surface area contributed by atoms with Gasteiger partial charge in [-0.25, -0.2) is 4.79 Å². The molecule has 1 fully saturated rings. The lowest BCUT2D eigenvalue weighted by atomic mass is 9.84. The Balaban J connectivity index is 1.48. The highest BCUT2D eigenvalue weighted by Crippen LogP contribution is 2.32. The minimum Gasteiger partial charge on any atom is -0.494 e. The molecule has 2 aromatic rings. The van der Waals surface area contributed by atoms with Gasteiger partial charge >= 0.3 is 5.97 Å². The summed E-state index contributed by atoms with van der Waals surface area (Å²) in [7, 11) is 0. The van der Waals surface area contributed by atoms with Crippen LogP contribution in [0.4, 0.5) is 0 Å². The van der Waals surface area contributed by atoms with Gasteiger partial charge in [0.15, 0.2) is 0 Å². The topological polar surface area (TPSA) is 35.5 Å². The van der Waals surface area contributed by atoms with E-state index in [1.165, 1.54) is 50.5 Å². The third-order valence-corrected chi connectivity index (χ3v) is 5.36. The minimum atomic E-state index is -0.338. The molecule has 0 saturated heterocycles. The van der Waals surface area contributed by atoms with Crippen LogP contribution in [0.2, 0.25) is 0 Å². The van der Waals surface area contributed by atoms with Gasteiger partial charge in [0.05, 0.1) is 12.2 Å². The molecule has 1 aliphatic carbocycles. The summed E-state index contributed by atoms with van der Waals surface area (Å²) in [5.74, 6) is 1.67. The molecule has 1 saturated carbocycles. The van der Waals surface area contributed by atoms with Gasteiger partial charge in [-0.05, 0) is 86.4 Å². The van der Waals surface area contributed by atoms with Crippen molar-refractivity contribution >= 4 is 5.97 Å². The number of unbranched alkanes of at least 4 members (excludes halogenated alkanes) is 3. The van der Waals surface area contributed by atoms with E-state index in [0.29, 0.717) is 17.2 Å². The molecule has 0 bridgehead atoms. The molecule has 2 aromatic carbocycles. The van der Waals surface area contributed by atoms with Crippen LogP contribution < -0.4 is 9.47 Å². The molecule has 0 N–H and O–H groups in total. The predicted molar refractivity (Wildman–Crippen MR) is 113 cm³/mol. The molecule has 1 aliphatic rings. The van der Waals surface area contributed by atoms with E-state index in [4.69, 9.17) is 9.47 Å². The van der Waals surface area contributed by atoms with Crippen LogP contribution in [0.1, 0.15) is 80.1 Å². The van der Waals surface area contributed by atoms with E-state index in [0.717, 1.165) is 18.8 Å². The molecule has 0 spiro atoms. The van der Waals surface area contributed by atoms with Gasteiger partial charge in [0, 0.05) is 0 Å². The summed E-state index contributed by atoms with van der Waals surface area (Å²) in [5.41, 5.74) is 1.87. The second-order valence-corrected chi connectivity index (χ2v) is 7.53. The lowest BCUT2D eigenvalue weighted by Crippen LogP contribution is -2.09. The Morgan fingerprint density at radius 3 is 2.25 bits per heavy atom. The van der Waals surface area contributed by atoms with Gasteiger partial charge in [-0.2, -0.15) is 0 Å². The summed E-state index contributed by atoms with van der Waals surface area (Å²) in [6.07, 6.45) is 11.9. The largest absolute Gasteiger partial charge is 0.494 e. The second-order valence-electron chi connectivity index (χ2n) is 7.53. The van der Waals surface area contributed by atoms with E-state index >= 15 is 0 Å². The first kappa shape index (κ1) is 20.4. The molecule has 0 aromatic heterocycles. The molecule has 149 valence electrons. The summed E-state index contributed by atoms with van der Waals surface area (Å²) in [6, 6.07) is 15.2. The summed E-state index contributed by atoms with van der Waals surface area (Å²) in [6.45, 7) is 2.91. The van der Waals surface area contributed by atoms with E-state index in [9.17, 15) is 4.79 Å². The maximum atomic E-state index is 12.4. The molecule has 3 nitrogen and oxygen atoms in total. The Labute approximate surface area is 169 Å². The van der Waals surface area contributed by atoms with Crippen LogP contribution in [0.25, 0.3) is 0 Å². The molecule has 28 heavy (non-hydrogen) atoms. The Morgan fingerprint density at radius 1 is 0.893 bits per heavy atom. The second kappa shape index (κ2) is 10.9. The van der Waals surface area contributed by atoms with Crippen molar-refractivity contribution in [2.24, 2.45) is 0 Å². The number of rotatable bonds is 9. The third-order valence-electron chi connectivity index (χ3n) is 5.36. The monoisotopic (exact) mass is 379 g/mol. The van der Waals surface area contributed by atoms with Gasteiger partial charge < -0.3 is 9.47 Å². The first-order valence-electron chi connectivity index (χ1n) is 10.6. The highest BCUT2D eigenvalue weighted by molar-refractivity contribution is 5.91. The molecule has 1 radical (unpaired) electrons. The highest BCUT2D eigenvalue weighted by atomic mass is 16.5. The molecule has 0 atom stereocenters. The molecule has 0 amide bonds. The quantitative estimate of drug-likeness (QED) is 0.275. The van der Waals surface area contributed by atoms with Crippen molar-refractivity contribution in [1.82, 2.24) is 0 Å². The molecule has 0 aliphatic heterocycles. The van der Waals surface area contributed by atoms with Gasteiger partial charge in [-0.3, -0.25) is 0 Å². The van der Waals surface area contributed by atoms with Crippen molar-refractivity contribution in [1.29, 1.82) is 0 Å². The van der Waals surface area contributed by atoms with Crippen LogP contribution in [0, 0.1) is 6.42 Å². The lowest BCUT2D eigenvalue weighted by Gasteiger charge is -2.21. The fourth-order valence-corrected chi connectivity index (χ4v) is 3.64. The summed E-state index contributed by atoms with van der Waals surface area (Å²) in [4.78, 5) is 12.4. The SMILES string of the molecule is CCCCCCOc1ccc(C(=O)Oc2ccc(C3CC[CH]CC3)cc2)cc1. The molecule has 3 heteroatoms. The number of ether oxygens (including phenoxy) is 2. The van der Waals surface area contributed by atoms with E-state index in [1.54, 1.807) is 12.1 Å². The van der Waals surface area contributed by atoms with Crippen molar-refractivity contribution in [3.05, 3.63) is 66.1 Å². The maximum absolute atomic E-state index is 12.4. The average Bonchev–Trinajstić information content (AvgIpc) is 2.75. The van der Waals surface area contributed by atoms with Crippen molar-refractivity contribution in [3.63, 3.8) is 0 Å². The van der Waals surface area contributed by atoms with Crippen LogP contribution in [-0.4, -0.2) is 12.6 Å². The number of carbonyl (C=O) groups is 1. The van der Waals surface area contributed by atoms with Gasteiger partial charge in [-0.15, -0.1) is 0 Å². The van der Waals surface area contributed by atoms with E-state index in [1.807, 2.05) is 24.3 Å². The van der Waals surface area contributed by atoms with Crippen molar-refractivity contribution in [3.8, 4) is 11.5 Å². The van der Waals surface area contributed by atoms with Crippen LogP contribution >= 0.6 is 0 Å². The van der Waals surface area contributed by atoms with E-state index in [2.05, 4.69) is 25.5 Å². The molecular formula is C25H31O3. The van der Waals surface area contributed by atoms with Crippen LogP contribution in [0.5, 0.6) is 11.5 Å². The van der Waals surface area contributed by atoms with Crippen molar-refractivity contribution < 1.29 is 14.3 Å². The zero-order chi connectivity index (χ0) is 19.6. The maximum Gasteiger partial charge on any atom is 0.343 e. The normalized spacial score (nSPS) is 14.6. The predicted octanol–water partition coefficient (Wildman–Crippen LogP) is 6.73. The number of carbonyl (C=O) groups excluding carboxylic acids is 1. The Hall–Kier alpha value is -2.29. The number of hydrogen-bond acceptors (Lipinski definition) is 3. The molecule has 3 rings (SSSR count). The number of esters is 1. The van der Waals surface area contributed by atoms with Crippen LogP contribution in [-0.2, 0) is 0 Å². The van der Waals surface area contributed by atoms with Crippen LogP contribution in [0.15, 0.2) is 48.5 Å². The first-order chi connectivity index (χ1) is 13.8. The van der Waals surface area contributed by atoms with Gasteiger partial charge in [0.25, 0.3) is 0 Å². The summed E-state index contributed by atoms with van der Waals surface area (Å²) >= 11 is 0. The Kier molecular flexibility index (Phi) is 7.95. The van der Waals surface area contributed by atoms with Crippen molar-refractivity contribution in [2.75, 3.05) is 6.61 Å². The first-order valence-corrected chi connectivity index (χ1v) is 10.6. The zero-order valence-corrected chi connectivity index (χ0v) is 16.9. The fourth-order valence-electron chi connectivity index (χ4n) is 3.64. The average molecular weight is 380 g/mol. The smallest absolute Gasteiger partial charge is 0.343 e. The number of benzene rings is 2. The van der Waals surface area contributed by atoms with Gasteiger partial charge in [0.2, 0.25) is 0 Å². The van der Waals surface area contributed by atoms with E-state index < -0.39 is 0 Å². The Morgan fingerprint density at radius 2 is 1.57 bits per heavy atom. The molecule has 0 heterocycles. The fraction of sp³-hybridized carbons (Fsp3) is 0.440. The van der Waals surface area contributed by atoms with Crippen LogP contribution in [0.3, 0.4) is 0 Å². The van der Waals surface area contributed by atoms with Gasteiger partial charge in [0.1, 0.15) is 11.5 Å². The van der Waals surface area contributed by atoms with Crippen molar-refractivity contribution in [2.45, 2.75) is 64.2 Å². The minimum absolute atomic E-state index is 0.338. The van der Waals surface area contributed by atoms with Gasteiger partial charge in [-0.1, -0.05) is 38.3 Å².